The van der Waals surface area contributed by atoms with E-state index >= 15 is 0 Å². The fraction of sp³-hybridized carbons (Fsp3) is 0.900. The molecule has 0 saturated carbocycles. The normalized spacial score (nSPS) is 13.0. The van der Waals surface area contributed by atoms with Crippen molar-refractivity contribution in [1.82, 2.24) is 5.32 Å². The highest BCUT2D eigenvalue weighted by atomic mass is 16.3. The van der Waals surface area contributed by atoms with Crippen LogP contribution in [0.5, 0.6) is 0 Å². The van der Waals surface area contributed by atoms with Crippen molar-refractivity contribution in [3.63, 3.8) is 0 Å². The van der Waals surface area contributed by atoms with Crippen molar-refractivity contribution in [2.45, 2.75) is 33.6 Å². The first-order valence-corrected chi connectivity index (χ1v) is 5.00. The summed E-state index contributed by atoms with van der Waals surface area (Å²) in [5.74, 6) is 0.467. The molecule has 78 valence electrons. The number of aliphatic hydroxyl groups is 1. The zero-order chi connectivity index (χ0) is 10.3. The van der Waals surface area contributed by atoms with E-state index in [1.807, 2.05) is 20.8 Å². The summed E-state index contributed by atoms with van der Waals surface area (Å²) >= 11 is 0. The minimum atomic E-state index is 0.0502. The summed E-state index contributed by atoms with van der Waals surface area (Å²) in [5, 5.41) is 11.7. The van der Waals surface area contributed by atoms with Gasteiger partial charge in [-0.2, -0.15) is 0 Å². The highest BCUT2D eigenvalue weighted by Crippen LogP contribution is 2.05. The van der Waals surface area contributed by atoms with Gasteiger partial charge < -0.3 is 10.4 Å². The molecule has 1 atom stereocenters. The van der Waals surface area contributed by atoms with Gasteiger partial charge in [0.15, 0.2) is 0 Å². The number of rotatable bonds is 6. The number of carbonyl (C=O) groups is 1. The second kappa shape index (κ2) is 6.89. The van der Waals surface area contributed by atoms with Gasteiger partial charge in [0.25, 0.3) is 0 Å². The molecule has 0 aromatic rings. The van der Waals surface area contributed by atoms with E-state index in [1.165, 1.54) is 0 Å². The number of hydrogen-bond acceptors (Lipinski definition) is 2. The average molecular weight is 187 g/mol. The number of aliphatic hydroxyl groups excluding tert-OH is 1. The summed E-state index contributed by atoms with van der Waals surface area (Å²) in [5.41, 5.74) is 0. The number of hydrogen-bond donors (Lipinski definition) is 2. The molecule has 0 radical (unpaired) electrons. The van der Waals surface area contributed by atoms with Crippen LogP contribution in [0.25, 0.3) is 0 Å². The van der Waals surface area contributed by atoms with E-state index in [1.54, 1.807) is 0 Å². The van der Waals surface area contributed by atoms with E-state index < -0.39 is 0 Å². The molecule has 0 aromatic heterocycles. The number of amides is 1. The smallest absolute Gasteiger partial charge is 0.222 e. The highest BCUT2D eigenvalue weighted by molar-refractivity contribution is 5.77. The van der Waals surface area contributed by atoms with Crippen molar-refractivity contribution in [3.8, 4) is 0 Å². The second-order valence-corrected chi connectivity index (χ2v) is 3.69. The van der Waals surface area contributed by atoms with Gasteiger partial charge in [0.1, 0.15) is 0 Å². The lowest BCUT2D eigenvalue weighted by Gasteiger charge is -2.12. The third-order valence-corrected chi connectivity index (χ3v) is 2.21. The molecule has 13 heavy (non-hydrogen) atoms. The molecule has 1 unspecified atom stereocenters. The predicted octanol–water partition coefficient (Wildman–Crippen LogP) is 1.17. The number of carbonyl (C=O) groups excluding carboxylic acids is 1. The maximum Gasteiger partial charge on any atom is 0.222 e. The van der Waals surface area contributed by atoms with Crippen LogP contribution in [0.3, 0.4) is 0 Å². The Morgan fingerprint density at radius 1 is 1.46 bits per heavy atom. The summed E-state index contributed by atoms with van der Waals surface area (Å²) in [4.78, 5) is 11.1. The maximum atomic E-state index is 11.1. The van der Waals surface area contributed by atoms with E-state index in [9.17, 15) is 4.79 Å². The quantitative estimate of drug-likeness (QED) is 0.655. The average Bonchev–Trinajstić information content (AvgIpc) is 2.12. The topological polar surface area (TPSA) is 49.3 Å². The van der Waals surface area contributed by atoms with Crippen LogP contribution in [-0.2, 0) is 4.79 Å². The monoisotopic (exact) mass is 187 g/mol. The van der Waals surface area contributed by atoms with Crippen LogP contribution in [0.4, 0.5) is 0 Å². The summed E-state index contributed by atoms with van der Waals surface area (Å²) < 4.78 is 0. The molecule has 0 saturated heterocycles. The molecule has 0 aliphatic rings. The summed E-state index contributed by atoms with van der Waals surface area (Å²) in [6, 6.07) is 0. The predicted molar refractivity (Wildman–Crippen MR) is 53.3 cm³/mol. The maximum absolute atomic E-state index is 11.1. The molecule has 2 N–H and O–H groups in total. The van der Waals surface area contributed by atoms with Gasteiger partial charge >= 0.3 is 0 Å². The summed E-state index contributed by atoms with van der Waals surface area (Å²) in [6.07, 6.45) is 1.83. The van der Waals surface area contributed by atoms with Crippen LogP contribution in [0, 0.1) is 11.8 Å². The molecule has 0 heterocycles. The molecular weight excluding hydrogens is 166 g/mol. The fourth-order valence-corrected chi connectivity index (χ4v) is 1.03. The van der Waals surface area contributed by atoms with Crippen molar-refractivity contribution < 1.29 is 9.90 Å². The lowest BCUT2D eigenvalue weighted by molar-refractivity contribution is -0.124. The van der Waals surface area contributed by atoms with Gasteiger partial charge in [-0.3, -0.25) is 4.79 Å². The minimum absolute atomic E-state index is 0.0502. The van der Waals surface area contributed by atoms with Crippen LogP contribution in [-0.4, -0.2) is 24.2 Å². The Labute approximate surface area is 80.5 Å². The lowest BCUT2D eigenvalue weighted by Crippen LogP contribution is -2.30. The highest BCUT2D eigenvalue weighted by Gasteiger charge is 2.07. The largest absolute Gasteiger partial charge is 0.396 e. The Morgan fingerprint density at radius 2 is 2.08 bits per heavy atom. The first-order valence-electron chi connectivity index (χ1n) is 5.00. The van der Waals surface area contributed by atoms with E-state index in [0.29, 0.717) is 12.5 Å². The zero-order valence-corrected chi connectivity index (χ0v) is 8.84. The molecule has 0 aromatic carbocycles. The van der Waals surface area contributed by atoms with Crippen molar-refractivity contribution in [1.29, 1.82) is 0 Å². The van der Waals surface area contributed by atoms with Crippen molar-refractivity contribution >= 4 is 5.91 Å². The second-order valence-electron chi connectivity index (χ2n) is 3.69. The third-order valence-electron chi connectivity index (χ3n) is 2.21. The molecule has 1 amide bonds. The van der Waals surface area contributed by atoms with Gasteiger partial charge in [-0.25, -0.2) is 0 Å². The zero-order valence-electron chi connectivity index (χ0n) is 8.84. The molecule has 0 fully saturated rings. The van der Waals surface area contributed by atoms with Gasteiger partial charge in [-0.1, -0.05) is 27.2 Å². The summed E-state index contributed by atoms with van der Waals surface area (Å²) in [6.45, 7) is 6.69. The third kappa shape index (κ3) is 5.64. The van der Waals surface area contributed by atoms with Gasteiger partial charge in [-0.15, -0.1) is 0 Å². The van der Waals surface area contributed by atoms with Crippen molar-refractivity contribution in [2.75, 3.05) is 13.2 Å². The van der Waals surface area contributed by atoms with E-state index in [0.717, 1.165) is 12.8 Å². The fourth-order valence-electron chi connectivity index (χ4n) is 1.03. The van der Waals surface area contributed by atoms with Gasteiger partial charge in [0.2, 0.25) is 5.91 Å². The molecule has 0 spiro atoms. The Morgan fingerprint density at radius 3 is 2.46 bits per heavy atom. The standard InChI is InChI=1S/C10H21NO2/c1-4-9(7-12)5-6-11-10(13)8(2)3/h8-9,12H,4-7H2,1-3H3,(H,11,13). The Kier molecular flexibility index (Phi) is 6.59. The lowest BCUT2D eigenvalue weighted by atomic mass is 10.0. The molecule has 0 aliphatic carbocycles. The molecule has 0 rings (SSSR count). The first kappa shape index (κ1) is 12.4. The molecule has 3 nitrogen and oxygen atoms in total. The molecule has 0 bridgehead atoms. The van der Waals surface area contributed by atoms with Crippen LogP contribution in [0.15, 0.2) is 0 Å². The van der Waals surface area contributed by atoms with Crippen LogP contribution in [0.1, 0.15) is 33.6 Å². The van der Waals surface area contributed by atoms with Crippen molar-refractivity contribution in [2.24, 2.45) is 11.8 Å². The van der Waals surface area contributed by atoms with Crippen molar-refractivity contribution in [3.05, 3.63) is 0 Å². The van der Waals surface area contributed by atoms with E-state index in [2.05, 4.69) is 5.32 Å². The van der Waals surface area contributed by atoms with Crippen LogP contribution >= 0.6 is 0 Å². The summed E-state index contributed by atoms with van der Waals surface area (Å²) in [7, 11) is 0. The SMILES string of the molecule is CCC(CO)CCNC(=O)C(C)C. The first-order chi connectivity index (χ1) is 6.11. The van der Waals surface area contributed by atoms with Crippen LogP contribution < -0.4 is 5.32 Å². The van der Waals surface area contributed by atoms with Gasteiger partial charge in [0, 0.05) is 19.1 Å². The Hall–Kier alpha value is -0.570. The van der Waals surface area contributed by atoms with Gasteiger partial charge in [0.05, 0.1) is 0 Å². The Balaban J connectivity index is 3.49. The minimum Gasteiger partial charge on any atom is -0.396 e. The van der Waals surface area contributed by atoms with Crippen LogP contribution in [0.2, 0.25) is 0 Å². The molecule has 3 heteroatoms. The van der Waals surface area contributed by atoms with Gasteiger partial charge in [-0.05, 0) is 12.3 Å². The molecule has 0 aliphatic heterocycles. The van der Waals surface area contributed by atoms with E-state index in [-0.39, 0.29) is 18.4 Å². The number of nitrogens with one attached hydrogen (secondary N) is 1. The van der Waals surface area contributed by atoms with E-state index in [4.69, 9.17) is 5.11 Å². The Bertz CT molecular complexity index is 142. The molecular formula is C10H21NO2.